The molecular weight excluding hydrogens is 254 g/mol. The van der Waals surface area contributed by atoms with Gasteiger partial charge in [-0.2, -0.15) is 0 Å². The summed E-state index contributed by atoms with van der Waals surface area (Å²) in [5, 5.41) is 1.10. The third-order valence-corrected chi connectivity index (χ3v) is 5.08. The van der Waals surface area contributed by atoms with E-state index in [2.05, 4.69) is 29.1 Å². The molecule has 1 aromatic carbocycles. The highest BCUT2D eigenvalue weighted by Crippen LogP contribution is 2.34. The Morgan fingerprint density at radius 2 is 2.00 bits per heavy atom. The fraction of sp³-hybridized carbons (Fsp3) is 0.533. The maximum Gasteiger partial charge on any atom is 0.0907 e. The predicted octanol–water partition coefficient (Wildman–Crippen LogP) is 3.96. The summed E-state index contributed by atoms with van der Waals surface area (Å²) in [6, 6.07) is 4.87. The van der Waals surface area contributed by atoms with Crippen LogP contribution in [-0.4, -0.2) is 18.1 Å². The van der Waals surface area contributed by atoms with Gasteiger partial charge in [-0.1, -0.05) is 19.3 Å². The van der Waals surface area contributed by atoms with Crippen LogP contribution in [0.5, 0.6) is 0 Å². The Bertz CT molecular complexity index is 584. The van der Waals surface area contributed by atoms with Gasteiger partial charge in [-0.15, -0.1) is 11.3 Å². The number of hydrogen-bond acceptors (Lipinski definition) is 4. The van der Waals surface area contributed by atoms with Gasteiger partial charge in [0.2, 0.25) is 0 Å². The molecule has 1 saturated carbocycles. The van der Waals surface area contributed by atoms with E-state index in [0.717, 1.165) is 21.9 Å². The van der Waals surface area contributed by atoms with Crippen LogP contribution in [0, 0.1) is 6.92 Å². The van der Waals surface area contributed by atoms with Gasteiger partial charge >= 0.3 is 0 Å². The molecule has 4 heteroatoms. The average Bonchev–Trinajstić information content (AvgIpc) is 2.77. The van der Waals surface area contributed by atoms with Crippen LogP contribution in [0.3, 0.4) is 0 Å². The molecule has 0 atom stereocenters. The molecule has 0 saturated heterocycles. The molecule has 0 bridgehead atoms. The number of rotatable bonds is 2. The summed E-state index contributed by atoms with van der Waals surface area (Å²) in [5.41, 5.74) is 9.34. The zero-order chi connectivity index (χ0) is 13.4. The van der Waals surface area contributed by atoms with E-state index in [0.29, 0.717) is 6.04 Å². The van der Waals surface area contributed by atoms with Crippen LogP contribution in [0.2, 0.25) is 0 Å². The molecule has 1 fully saturated rings. The van der Waals surface area contributed by atoms with Crippen LogP contribution in [0.15, 0.2) is 12.1 Å². The van der Waals surface area contributed by atoms with E-state index >= 15 is 0 Å². The summed E-state index contributed by atoms with van der Waals surface area (Å²) in [5.74, 6) is 0. The van der Waals surface area contributed by atoms with Crippen LogP contribution in [-0.2, 0) is 0 Å². The molecule has 2 N–H and O–H groups in total. The summed E-state index contributed by atoms with van der Waals surface area (Å²) in [6.07, 6.45) is 6.62. The standard InChI is InChI=1S/C15H21N3S/c1-10-17-13-9-14(12(16)8-15(13)19-10)18(2)11-6-4-3-5-7-11/h8-9,11H,3-7,16H2,1-2H3. The number of benzene rings is 1. The molecule has 0 amide bonds. The molecule has 3 rings (SSSR count). The number of hydrogen-bond donors (Lipinski definition) is 1. The molecule has 1 heterocycles. The normalized spacial score (nSPS) is 16.9. The van der Waals surface area contributed by atoms with Gasteiger partial charge in [-0.3, -0.25) is 0 Å². The summed E-state index contributed by atoms with van der Waals surface area (Å²) in [7, 11) is 2.17. The Kier molecular flexibility index (Phi) is 3.35. The number of aryl methyl sites for hydroxylation is 1. The van der Waals surface area contributed by atoms with E-state index in [9.17, 15) is 0 Å². The molecule has 102 valence electrons. The second-order valence-corrected chi connectivity index (χ2v) is 6.75. The zero-order valence-corrected chi connectivity index (χ0v) is 12.5. The van der Waals surface area contributed by atoms with Crippen molar-refractivity contribution in [3.8, 4) is 0 Å². The maximum atomic E-state index is 6.24. The van der Waals surface area contributed by atoms with Crippen LogP contribution in [0.1, 0.15) is 37.1 Å². The number of nitrogens with two attached hydrogens (primary N) is 1. The third-order valence-electron chi connectivity index (χ3n) is 4.15. The Balaban J connectivity index is 1.96. The third kappa shape index (κ3) is 2.41. The first-order valence-corrected chi connectivity index (χ1v) is 7.86. The number of thiazole rings is 1. The lowest BCUT2D eigenvalue weighted by molar-refractivity contribution is 0.428. The summed E-state index contributed by atoms with van der Waals surface area (Å²) >= 11 is 1.71. The number of aromatic nitrogens is 1. The van der Waals surface area contributed by atoms with E-state index in [4.69, 9.17) is 5.73 Å². The molecule has 0 radical (unpaired) electrons. The Morgan fingerprint density at radius 1 is 1.26 bits per heavy atom. The van der Waals surface area contributed by atoms with Crippen molar-refractivity contribution in [2.45, 2.75) is 45.1 Å². The van der Waals surface area contributed by atoms with E-state index in [1.807, 2.05) is 6.92 Å². The first kappa shape index (κ1) is 12.7. The van der Waals surface area contributed by atoms with Crippen LogP contribution in [0.4, 0.5) is 11.4 Å². The number of nitrogen functional groups attached to an aromatic ring is 1. The maximum absolute atomic E-state index is 6.24. The smallest absolute Gasteiger partial charge is 0.0907 e. The fourth-order valence-electron chi connectivity index (χ4n) is 3.06. The van der Waals surface area contributed by atoms with E-state index in [1.165, 1.54) is 36.8 Å². The van der Waals surface area contributed by atoms with E-state index in [1.54, 1.807) is 11.3 Å². The molecule has 0 spiro atoms. The Morgan fingerprint density at radius 3 is 2.74 bits per heavy atom. The molecule has 1 aliphatic carbocycles. The lowest BCUT2D eigenvalue weighted by Crippen LogP contribution is -2.33. The van der Waals surface area contributed by atoms with Crippen molar-refractivity contribution in [3.05, 3.63) is 17.1 Å². The zero-order valence-electron chi connectivity index (χ0n) is 11.6. The van der Waals surface area contributed by atoms with Gasteiger partial charge in [-0.25, -0.2) is 4.98 Å². The number of fused-ring (bicyclic) bond motifs is 1. The van der Waals surface area contributed by atoms with Gasteiger partial charge < -0.3 is 10.6 Å². The van der Waals surface area contributed by atoms with Gasteiger partial charge in [-0.05, 0) is 31.9 Å². The minimum absolute atomic E-state index is 0.633. The molecule has 19 heavy (non-hydrogen) atoms. The van der Waals surface area contributed by atoms with Crippen LogP contribution < -0.4 is 10.6 Å². The Hall–Kier alpha value is -1.29. The summed E-state index contributed by atoms with van der Waals surface area (Å²) in [6.45, 7) is 2.05. The quantitative estimate of drug-likeness (QED) is 0.844. The molecule has 0 aliphatic heterocycles. The molecular formula is C15H21N3S. The fourth-order valence-corrected chi connectivity index (χ4v) is 3.92. The van der Waals surface area contributed by atoms with E-state index in [-0.39, 0.29) is 0 Å². The first-order valence-electron chi connectivity index (χ1n) is 7.04. The van der Waals surface area contributed by atoms with Crippen molar-refractivity contribution >= 4 is 32.9 Å². The van der Waals surface area contributed by atoms with Crippen molar-refractivity contribution in [2.24, 2.45) is 0 Å². The van der Waals surface area contributed by atoms with Gasteiger partial charge in [0.1, 0.15) is 0 Å². The van der Waals surface area contributed by atoms with Crippen molar-refractivity contribution in [3.63, 3.8) is 0 Å². The van der Waals surface area contributed by atoms with Gasteiger partial charge in [0.25, 0.3) is 0 Å². The average molecular weight is 275 g/mol. The first-order chi connectivity index (χ1) is 9.15. The van der Waals surface area contributed by atoms with E-state index < -0.39 is 0 Å². The summed E-state index contributed by atoms with van der Waals surface area (Å²) < 4.78 is 1.19. The molecule has 2 aromatic rings. The highest BCUT2D eigenvalue weighted by atomic mass is 32.1. The minimum Gasteiger partial charge on any atom is -0.397 e. The number of anilines is 2. The minimum atomic E-state index is 0.633. The SMILES string of the molecule is Cc1nc2cc(N(C)C3CCCCC3)c(N)cc2s1. The topological polar surface area (TPSA) is 42.2 Å². The van der Waals surface area contributed by atoms with Crippen molar-refractivity contribution in [1.82, 2.24) is 4.98 Å². The monoisotopic (exact) mass is 275 g/mol. The number of nitrogens with zero attached hydrogens (tertiary/aromatic N) is 2. The molecule has 1 aromatic heterocycles. The van der Waals surface area contributed by atoms with Gasteiger partial charge in [0.15, 0.2) is 0 Å². The van der Waals surface area contributed by atoms with Crippen LogP contribution >= 0.6 is 11.3 Å². The highest BCUT2D eigenvalue weighted by Gasteiger charge is 2.20. The lowest BCUT2D eigenvalue weighted by atomic mass is 9.94. The highest BCUT2D eigenvalue weighted by molar-refractivity contribution is 7.18. The molecule has 1 aliphatic rings. The molecule has 0 unspecified atom stereocenters. The van der Waals surface area contributed by atoms with Crippen LogP contribution in [0.25, 0.3) is 10.2 Å². The summed E-state index contributed by atoms with van der Waals surface area (Å²) in [4.78, 5) is 6.94. The molecule has 3 nitrogen and oxygen atoms in total. The van der Waals surface area contributed by atoms with Crippen molar-refractivity contribution in [2.75, 3.05) is 17.7 Å². The Labute approximate surface area is 118 Å². The lowest BCUT2D eigenvalue weighted by Gasteiger charge is -2.33. The second-order valence-electron chi connectivity index (χ2n) is 5.51. The van der Waals surface area contributed by atoms with Crippen molar-refractivity contribution in [1.29, 1.82) is 0 Å². The predicted molar refractivity (Wildman–Crippen MR) is 84.0 cm³/mol. The second kappa shape index (κ2) is 5.00. The van der Waals surface area contributed by atoms with Gasteiger partial charge in [0.05, 0.1) is 26.6 Å². The largest absolute Gasteiger partial charge is 0.397 e. The van der Waals surface area contributed by atoms with Crippen molar-refractivity contribution < 1.29 is 0 Å². The van der Waals surface area contributed by atoms with Gasteiger partial charge in [0, 0.05) is 13.1 Å².